The molecule has 0 aliphatic heterocycles. The summed E-state index contributed by atoms with van der Waals surface area (Å²) in [5, 5.41) is 0. The molecule has 43 heavy (non-hydrogen) atoms. The zero-order valence-electron chi connectivity index (χ0n) is 27.4. The van der Waals surface area contributed by atoms with Gasteiger partial charge < -0.3 is 0 Å². The molecule has 1 aliphatic rings. The van der Waals surface area contributed by atoms with Gasteiger partial charge in [0.2, 0.25) is 0 Å². The van der Waals surface area contributed by atoms with Crippen molar-refractivity contribution < 1.29 is 11.9 Å². The molecular weight excluding hydrogens is 656 g/mol. The first-order chi connectivity index (χ1) is 20.0. The SMILES string of the molecule is CC1=[C-]C(C)(C)C(C)=C1C.Cc1cc(C)c(-n2ccn(-c3c(C)cc(C)cc3C)[c]2=[Ru]([Cl])([Cl])=[CH]c2ccccc2)c(C)c1. The first-order valence-corrected chi connectivity index (χ1v) is 21.0. The molecule has 0 saturated carbocycles. The van der Waals surface area contributed by atoms with Crippen LogP contribution in [-0.4, -0.2) is 13.7 Å². The molecule has 2 nitrogen and oxygen atoms in total. The van der Waals surface area contributed by atoms with E-state index in [2.05, 4.69) is 145 Å². The molecule has 0 N–H and O–H groups in total. The minimum atomic E-state index is -3.50. The van der Waals surface area contributed by atoms with Gasteiger partial charge in [0, 0.05) is 0 Å². The Bertz CT molecular complexity index is 1790. The average molecular weight is 702 g/mol. The van der Waals surface area contributed by atoms with Crippen molar-refractivity contribution in [1.29, 1.82) is 0 Å². The van der Waals surface area contributed by atoms with E-state index in [9.17, 15) is 0 Å². The van der Waals surface area contributed by atoms with E-state index in [1.165, 1.54) is 50.1 Å². The number of hydrogen-bond donors (Lipinski definition) is 0. The molecular formula is C38H45Cl2N2Ru-. The number of nitrogens with zero attached hydrogens (tertiary/aromatic N) is 2. The van der Waals surface area contributed by atoms with Crippen LogP contribution in [0.2, 0.25) is 0 Å². The van der Waals surface area contributed by atoms with E-state index in [4.69, 9.17) is 19.4 Å². The van der Waals surface area contributed by atoms with Crippen LogP contribution in [0.5, 0.6) is 0 Å². The number of halogens is 2. The number of allylic oxidation sites excluding steroid dienone is 4. The van der Waals surface area contributed by atoms with Crippen LogP contribution >= 0.6 is 19.4 Å². The van der Waals surface area contributed by atoms with Gasteiger partial charge in [0.1, 0.15) is 0 Å². The molecule has 1 aliphatic carbocycles. The molecule has 3 aromatic carbocycles. The first kappa shape index (κ1) is 33.3. The van der Waals surface area contributed by atoms with E-state index in [-0.39, 0.29) is 5.41 Å². The molecule has 0 bridgehead atoms. The normalized spacial score (nSPS) is 14.8. The standard InChI is InChI=1S/C21H24N2.C10H15.C7H6.2ClH.Ru/c1-14-9-16(3)20(17(4)10-14)22-7-8-23(13-22)21-18(5)11-15(2)12-19(21)6;1-7-6-10(4,5)9(3)8(7)2;1-7-5-3-2-4-6-7;;;/h7-12H,1-6H3;1-5H3;1-6H;2*1H;/q;-1;;;;+2/p-2. The summed E-state index contributed by atoms with van der Waals surface area (Å²) >= 11 is -3.50. The molecule has 0 atom stereocenters. The zero-order valence-corrected chi connectivity index (χ0v) is 30.7. The number of imidazole rings is 1. The quantitative estimate of drug-likeness (QED) is 0.149. The molecule has 0 saturated heterocycles. The Labute approximate surface area is 269 Å². The molecule has 1 aromatic heterocycles. The predicted octanol–water partition coefficient (Wildman–Crippen LogP) is 11.1. The average Bonchev–Trinajstić information content (AvgIpc) is 3.38. The number of aryl methyl sites for hydroxylation is 6. The maximum absolute atomic E-state index is 7.36. The Kier molecular flexibility index (Phi) is 9.92. The molecule has 0 amide bonds. The molecule has 0 spiro atoms. The summed E-state index contributed by atoms with van der Waals surface area (Å²) in [5.74, 6) is 0. The van der Waals surface area contributed by atoms with Crippen LogP contribution in [0.3, 0.4) is 0 Å². The van der Waals surface area contributed by atoms with Crippen LogP contribution in [-0.2, 0) is 11.9 Å². The summed E-state index contributed by atoms with van der Waals surface area (Å²) in [5.41, 5.74) is 15.0. The van der Waals surface area contributed by atoms with E-state index < -0.39 is 11.9 Å². The number of hydrogen-bond acceptors (Lipinski definition) is 0. The fourth-order valence-electron chi connectivity index (χ4n) is 6.15. The second-order valence-corrected chi connectivity index (χ2v) is 21.6. The summed E-state index contributed by atoms with van der Waals surface area (Å²) in [6.07, 6.45) is 7.65. The van der Waals surface area contributed by atoms with Crippen molar-refractivity contribution in [2.24, 2.45) is 5.41 Å². The fraction of sp³-hybridized carbons (Fsp3) is 0.316. The van der Waals surface area contributed by atoms with Gasteiger partial charge in [0.25, 0.3) is 0 Å². The monoisotopic (exact) mass is 701 g/mol. The topological polar surface area (TPSA) is 9.86 Å². The Hall–Kier alpha value is -2.58. The minimum absolute atomic E-state index is 0.189. The third-order valence-electron chi connectivity index (χ3n) is 8.32. The summed E-state index contributed by atoms with van der Waals surface area (Å²) < 4.78 is 7.46. The zero-order chi connectivity index (χ0) is 31.9. The van der Waals surface area contributed by atoms with Crippen molar-refractivity contribution in [3.05, 3.63) is 133 Å². The van der Waals surface area contributed by atoms with Gasteiger partial charge in [-0.15, -0.1) is 6.92 Å². The van der Waals surface area contributed by atoms with Crippen LogP contribution in [0.15, 0.2) is 83.7 Å². The van der Waals surface area contributed by atoms with E-state index >= 15 is 0 Å². The third-order valence-corrected chi connectivity index (χ3v) is 13.7. The van der Waals surface area contributed by atoms with Gasteiger partial charge in [0.15, 0.2) is 0 Å². The van der Waals surface area contributed by atoms with Crippen LogP contribution in [0, 0.1) is 57.0 Å². The number of rotatable bonds is 3. The van der Waals surface area contributed by atoms with Crippen molar-refractivity contribution in [2.45, 2.75) is 76.2 Å². The van der Waals surface area contributed by atoms with Gasteiger partial charge in [0.05, 0.1) is 0 Å². The van der Waals surface area contributed by atoms with E-state index in [0.29, 0.717) is 0 Å². The Morgan fingerprint density at radius 2 is 1.09 bits per heavy atom. The summed E-state index contributed by atoms with van der Waals surface area (Å²) in [6, 6.07) is 19.0. The fourth-order valence-corrected chi connectivity index (χ4v) is 11.8. The Balaban J connectivity index is 0.000000359. The summed E-state index contributed by atoms with van der Waals surface area (Å²) in [4.78, 5) is 0. The van der Waals surface area contributed by atoms with Gasteiger partial charge in [-0.2, -0.15) is 11.1 Å². The van der Waals surface area contributed by atoms with Gasteiger partial charge >= 0.3 is 208 Å². The van der Waals surface area contributed by atoms with E-state index in [0.717, 1.165) is 21.0 Å². The Morgan fingerprint density at radius 1 is 0.674 bits per heavy atom. The van der Waals surface area contributed by atoms with Gasteiger partial charge in [-0.1, -0.05) is 33.1 Å². The van der Waals surface area contributed by atoms with Crippen molar-refractivity contribution in [2.75, 3.05) is 0 Å². The number of benzene rings is 3. The van der Waals surface area contributed by atoms with E-state index in [1.807, 2.05) is 18.2 Å². The second-order valence-electron chi connectivity index (χ2n) is 12.4. The van der Waals surface area contributed by atoms with Crippen molar-refractivity contribution in [1.82, 2.24) is 9.13 Å². The molecule has 5 rings (SSSR count). The first-order valence-electron chi connectivity index (χ1n) is 14.7. The van der Waals surface area contributed by atoms with Crippen LogP contribution < -0.4 is 0 Å². The van der Waals surface area contributed by atoms with Crippen molar-refractivity contribution in [3.63, 3.8) is 0 Å². The van der Waals surface area contributed by atoms with Gasteiger partial charge in [-0.25, -0.2) is 5.57 Å². The molecule has 0 radical (unpaired) electrons. The summed E-state index contributed by atoms with van der Waals surface area (Å²) in [6.45, 7) is 23.8. The maximum atomic E-state index is 7.36. The van der Waals surface area contributed by atoms with Gasteiger partial charge in [-0.3, -0.25) is 6.08 Å². The molecule has 0 unspecified atom stereocenters. The van der Waals surface area contributed by atoms with Gasteiger partial charge in [-0.05, 0) is 0 Å². The van der Waals surface area contributed by atoms with Crippen LogP contribution in [0.1, 0.15) is 73.6 Å². The predicted molar refractivity (Wildman–Crippen MR) is 185 cm³/mol. The second kappa shape index (κ2) is 12.8. The van der Waals surface area contributed by atoms with Crippen LogP contribution in [0.25, 0.3) is 11.4 Å². The number of aromatic nitrogens is 2. The van der Waals surface area contributed by atoms with Crippen molar-refractivity contribution >= 4 is 24.0 Å². The molecule has 4 aromatic rings. The molecule has 1 heterocycles. The molecule has 5 heteroatoms. The summed E-state index contributed by atoms with van der Waals surface area (Å²) in [7, 11) is 14.7. The van der Waals surface area contributed by atoms with E-state index in [1.54, 1.807) is 0 Å². The third kappa shape index (κ3) is 7.06. The van der Waals surface area contributed by atoms with Crippen molar-refractivity contribution in [3.8, 4) is 11.4 Å². The van der Waals surface area contributed by atoms with Crippen LogP contribution in [0.4, 0.5) is 0 Å². The molecule has 0 fully saturated rings. The molecule has 230 valence electrons. The Morgan fingerprint density at radius 3 is 1.42 bits per heavy atom.